The molecule has 2 rings (SSSR count). The van der Waals surface area contributed by atoms with Gasteiger partial charge in [0, 0.05) is 11.3 Å². The molecular formula is C13H18N2O3. The van der Waals surface area contributed by atoms with Crippen LogP contribution in [0.5, 0.6) is 0 Å². The molecule has 5 heteroatoms. The van der Waals surface area contributed by atoms with Crippen molar-refractivity contribution in [3.63, 3.8) is 0 Å². The fourth-order valence-electron chi connectivity index (χ4n) is 1.73. The molecule has 1 saturated heterocycles. The van der Waals surface area contributed by atoms with Gasteiger partial charge in [-0.2, -0.15) is 0 Å². The molecule has 1 amide bonds. The van der Waals surface area contributed by atoms with E-state index in [1.54, 1.807) is 0 Å². The van der Waals surface area contributed by atoms with Crippen molar-refractivity contribution in [1.29, 1.82) is 0 Å². The lowest BCUT2D eigenvalue weighted by molar-refractivity contribution is -0.117. The minimum Gasteiger partial charge on any atom is -0.346 e. The van der Waals surface area contributed by atoms with Crippen LogP contribution in [0.4, 0.5) is 5.69 Å². The normalized spacial score (nSPS) is 17.7. The van der Waals surface area contributed by atoms with Gasteiger partial charge in [0.05, 0.1) is 19.3 Å². The third-order valence-corrected chi connectivity index (χ3v) is 2.82. The third-order valence-electron chi connectivity index (χ3n) is 2.82. The van der Waals surface area contributed by atoms with Crippen LogP contribution < -0.4 is 11.1 Å². The summed E-state index contributed by atoms with van der Waals surface area (Å²) in [6.45, 7) is 3.07. The van der Waals surface area contributed by atoms with E-state index in [1.807, 2.05) is 31.2 Å². The Kier molecular flexibility index (Phi) is 4.30. The van der Waals surface area contributed by atoms with E-state index >= 15 is 0 Å². The number of nitrogens with one attached hydrogen (secondary N) is 1. The van der Waals surface area contributed by atoms with Crippen molar-refractivity contribution in [3.05, 3.63) is 29.8 Å². The Labute approximate surface area is 106 Å². The van der Waals surface area contributed by atoms with Gasteiger partial charge in [-0.1, -0.05) is 19.1 Å². The van der Waals surface area contributed by atoms with Crippen LogP contribution in [0.15, 0.2) is 24.3 Å². The minimum absolute atomic E-state index is 0.178. The monoisotopic (exact) mass is 250 g/mol. The number of amides is 1. The predicted octanol–water partition coefficient (Wildman–Crippen LogP) is 1.41. The highest BCUT2D eigenvalue weighted by Crippen LogP contribution is 2.25. The van der Waals surface area contributed by atoms with Gasteiger partial charge in [0.25, 0.3) is 0 Å². The molecule has 1 aliphatic heterocycles. The number of anilines is 1. The Morgan fingerprint density at radius 2 is 2.22 bits per heavy atom. The standard InChI is InChI=1S/C13H18N2O3/c1-2-11(14)12(16)15-10-5-3-4-9(8-10)13-17-6-7-18-13/h3-5,8,11,13H,2,6-7,14H2,1H3,(H,15,16)/t11-/m1/s1. The topological polar surface area (TPSA) is 73.6 Å². The van der Waals surface area contributed by atoms with Gasteiger partial charge in [0.2, 0.25) is 5.91 Å². The van der Waals surface area contributed by atoms with Crippen molar-refractivity contribution in [2.24, 2.45) is 5.73 Å². The number of ether oxygens (including phenoxy) is 2. The van der Waals surface area contributed by atoms with Crippen molar-refractivity contribution in [2.45, 2.75) is 25.7 Å². The van der Waals surface area contributed by atoms with Gasteiger partial charge < -0.3 is 20.5 Å². The van der Waals surface area contributed by atoms with Crippen molar-refractivity contribution in [2.75, 3.05) is 18.5 Å². The molecule has 1 aromatic rings. The molecule has 0 aliphatic carbocycles. The van der Waals surface area contributed by atoms with Crippen LogP contribution in [0.3, 0.4) is 0 Å². The number of rotatable bonds is 4. The van der Waals surface area contributed by atoms with Crippen LogP contribution in [0.25, 0.3) is 0 Å². The number of hydrogen-bond acceptors (Lipinski definition) is 4. The average molecular weight is 250 g/mol. The van der Waals surface area contributed by atoms with Gasteiger partial charge >= 0.3 is 0 Å². The zero-order chi connectivity index (χ0) is 13.0. The molecule has 0 unspecified atom stereocenters. The molecule has 1 fully saturated rings. The molecule has 0 spiro atoms. The van der Waals surface area contributed by atoms with Crippen LogP contribution in [0, 0.1) is 0 Å². The Balaban J connectivity index is 2.05. The van der Waals surface area contributed by atoms with Crippen LogP contribution in [0.2, 0.25) is 0 Å². The maximum atomic E-state index is 11.7. The quantitative estimate of drug-likeness (QED) is 0.847. The fraction of sp³-hybridized carbons (Fsp3) is 0.462. The molecule has 1 aliphatic rings. The van der Waals surface area contributed by atoms with Gasteiger partial charge in [-0.25, -0.2) is 0 Å². The largest absolute Gasteiger partial charge is 0.346 e. The molecule has 3 N–H and O–H groups in total. The zero-order valence-corrected chi connectivity index (χ0v) is 10.4. The van der Waals surface area contributed by atoms with Crippen LogP contribution >= 0.6 is 0 Å². The first-order valence-corrected chi connectivity index (χ1v) is 6.10. The van der Waals surface area contributed by atoms with Gasteiger partial charge in [-0.15, -0.1) is 0 Å². The molecule has 1 atom stereocenters. The van der Waals surface area contributed by atoms with Crippen molar-refractivity contribution < 1.29 is 14.3 Å². The number of carbonyl (C=O) groups is 1. The maximum absolute atomic E-state index is 11.7. The van der Waals surface area contributed by atoms with Crippen LogP contribution in [-0.4, -0.2) is 25.2 Å². The summed E-state index contributed by atoms with van der Waals surface area (Å²) >= 11 is 0. The lowest BCUT2D eigenvalue weighted by atomic mass is 10.1. The maximum Gasteiger partial charge on any atom is 0.241 e. The van der Waals surface area contributed by atoms with E-state index in [1.165, 1.54) is 0 Å². The van der Waals surface area contributed by atoms with Gasteiger partial charge in [0.1, 0.15) is 0 Å². The van der Waals surface area contributed by atoms with Crippen molar-refractivity contribution >= 4 is 11.6 Å². The Hall–Kier alpha value is -1.43. The molecule has 98 valence electrons. The molecule has 0 radical (unpaired) electrons. The number of nitrogens with two attached hydrogens (primary N) is 1. The molecule has 0 bridgehead atoms. The second-order valence-electron chi connectivity index (χ2n) is 4.20. The van der Waals surface area contributed by atoms with E-state index in [0.717, 1.165) is 5.56 Å². The van der Waals surface area contributed by atoms with Gasteiger partial charge in [-0.05, 0) is 18.6 Å². The van der Waals surface area contributed by atoms with Crippen molar-refractivity contribution in [1.82, 2.24) is 0 Å². The SMILES string of the molecule is CC[C@@H](N)C(=O)Nc1cccc(C2OCCO2)c1. The Bertz CT molecular complexity index is 416. The van der Waals surface area contributed by atoms with Gasteiger partial charge in [0.15, 0.2) is 6.29 Å². The zero-order valence-electron chi connectivity index (χ0n) is 10.4. The molecule has 0 aromatic heterocycles. The summed E-state index contributed by atoms with van der Waals surface area (Å²) in [7, 11) is 0. The first-order valence-electron chi connectivity index (χ1n) is 6.10. The first-order chi connectivity index (χ1) is 8.70. The highest BCUT2D eigenvalue weighted by atomic mass is 16.7. The number of carbonyl (C=O) groups excluding carboxylic acids is 1. The highest BCUT2D eigenvalue weighted by Gasteiger charge is 2.19. The molecule has 0 saturated carbocycles. The highest BCUT2D eigenvalue weighted by molar-refractivity contribution is 5.94. The van der Waals surface area contributed by atoms with E-state index in [0.29, 0.717) is 25.3 Å². The first kappa shape index (κ1) is 13.0. The van der Waals surface area contributed by atoms with E-state index < -0.39 is 6.04 Å². The van der Waals surface area contributed by atoms with Crippen molar-refractivity contribution in [3.8, 4) is 0 Å². The average Bonchev–Trinajstić information content (AvgIpc) is 2.92. The number of benzene rings is 1. The smallest absolute Gasteiger partial charge is 0.241 e. The summed E-state index contributed by atoms with van der Waals surface area (Å²) in [5.74, 6) is -0.178. The minimum atomic E-state index is -0.479. The van der Waals surface area contributed by atoms with Gasteiger partial charge in [-0.3, -0.25) is 4.79 Å². The summed E-state index contributed by atoms with van der Waals surface area (Å²) < 4.78 is 10.8. The molecule has 1 aromatic carbocycles. The Morgan fingerprint density at radius 3 is 2.89 bits per heavy atom. The molecule has 5 nitrogen and oxygen atoms in total. The predicted molar refractivity (Wildman–Crippen MR) is 68.0 cm³/mol. The fourth-order valence-corrected chi connectivity index (χ4v) is 1.73. The summed E-state index contributed by atoms with van der Waals surface area (Å²) in [6, 6.07) is 6.95. The summed E-state index contributed by atoms with van der Waals surface area (Å²) in [4.78, 5) is 11.7. The van der Waals surface area contributed by atoms with Crippen LogP contribution in [-0.2, 0) is 14.3 Å². The van der Waals surface area contributed by atoms with E-state index in [4.69, 9.17) is 15.2 Å². The van der Waals surface area contributed by atoms with E-state index in [-0.39, 0.29) is 12.2 Å². The summed E-state index contributed by atoms with van der Waals surface area (Å²) in [5.41, 5.74) is 7.27. The van der Waals surface area contributed by atoms with E-state index in [2.05, 4.69) is 5.32 Å². The summed E-state index contributed by atoms with van der Waals surface area (Å²) in [5, 5.41) is 2.78. The second kappa shape index (κ2) is 5.95. The summed E-state index contributed by atoms with van der Waals surface area (Å²) in [6.07, 6.45) is 0.280. The molecule has 18 heavy (non-hydrogen) atoms. The Morgan fingerprint density at radius 1 is 1.50 bits per heavy atom. The number of hydrogen-bond donors (Lipinski definition) is 2. The second-order valence-corrected chi connectivity index (χ2v) is 4.20. The third kappa shape index (κ3) is 3.07. The molecule has 1 heterocycles. The lowest BCUT2D eigenvalue weighted by Gasteiger charge is -2.13. The lowest BCUT2D eigenvalue weighted by Crippen LogP contribution is -2.34. The van der Waals surface area contributed by atoms with Crippen LogP contribution in [0.1, 0.15) is 25.2 Å². The molecular weight excluding hydrogens is 232 g/mol. The van der Waals surface area contributed by atoms with E-state index in [9.17, 15) is 4.79 Å².